The van der Waals surface area contributed by atoms with Crippen molar-refractivity contribution in [3.63, 3.8) is 0 Å². The summed E-state index contributed by atoms with van der Waals surface area (Å²) in [7, 11) is 0. The maximum Gasteiger partial charge on any atom is 0.252 e. The summed E-state index contributed by atoms with van der Waals surface area (Å²) < 4.78 is 0. The van der Waals surface area contributed by atoms with Crippen LogP contribution in [0.5, 0.6) is 0 Å². The number of hydrogen-bond donors (Lipinski definition) is 1. The first-order valence-electron chi connectivity index (χ1n) is 6.08. The van der Waals surface area contributed by atoms with Gasteiger partial charge >= 0.3 is 0 Å². The fourth-order valence-electron chi connectivity index (χ4n) is 1.54. The SMILES string of the molecule is CCCCN(CCCC)c1nccc(=O)[nH]1. The van der Waals surface area contributed by atoms with Gasteiger partial charge in [0.05, 0.1) is 0 Å². The van der Waals surface area contributed by atoms with Crippen molar-refractivity contribution in [3.05, 3.63) is 22.6 Å². The molecule has 0 aliphatic carbocycles. The van der Waals surface area contributed by atoms with Crippen LogP contribution in [0.25, 0.3) is 0 Å². The molecule has 1 aromatic rings. The van der Waals surface area contributed by atoms with Gasteiger partial charge in [0.2, 0.25) is 5.95 Å². The molecule has 0 amide bonds. The van der Waals surface area contributed by atoms with E-state index in [1.807, 2.05) is 0 Å². The van der Waals surface area contributed by atoms with Gasteiger partial charge in [-0.15, -0.1) is 0 Å². The number of unbranched alkanes of at least 4 members (excludes halogenated alkanes) is 2. The smallest absolute Gasteiger partial charge is 0.252 e. The Bertz CT molecular complexity index is 340. The zero-order valence-electron chi connectivity index (χ0n) is 10.2. The van der Waals surface area contributed by atoms with E-state index >= 15 is 0 Å². The fraction of sp³-hybridized carbons (Fsp3) is 0.667. The molecule has 0 saturated heterocycles. The third kappa shape index (κ3) is 4.04. The molecule has 16 heavy (non-hydrogen) atoms. The van der Waals surface area contributed by atoms with Gasteiger partial charge in [-0.2, -0.15) is 0 Å². The quantitative estimate of drug-likeness (QED) is 0.770. The second-order valence-corrected chi connectivity index (χ2v) is 3.95. The molecule has 0 bridgehead atoms. The second-order valence-electron chi connectivity index (χ2n) is 3.95. The van der Waals surface area contributed by atoms with E-state index in [1.165, 1.54) is 6.07 Å². The molecule has 0 fully saturated rings. The number of anilines is 1. The predicted molar refractivity (Wildman–Crippen MR) is 66.9 cm³/mol. The summed E-state index contributed by atoms with van der Waals surface area (Å²) in [5, 5.41) is 0. The zero-order chi connectivity index (χ0) is 11.8. The molecule has 0 atom stereocenters. The van der Waals surface area contributed by atoms with Gasteiger partial charge < -0.3 is 4.90 Å². The molecule has 1 rings (SSSR count). The van der Waals surface area contributed by atoms with Crippen LogP contribution in [0.3, 0.4) is 0 Å². The van der Waals surface area contributed by atoms with Crippen LogP contribution in [0.4, 0.5) is 5.95 Å². The molecule has 0 radical (unpaired) electrons. The van der Waals surface area contributed by atoms with E-state index < -0.39 is 0 Å². The first kappa shape index (κ1) is 12.7. The van der Waals surface area contributed by atoms with Gasteiger partial charge in [-0.1, -0.05) is 26.7 Å². The molecule has 4 nitrogen and oxygen atoms in total. The number of nitrogens with zero attached hydrogens (tertiary/aromatic N) is 2. The van der Waals surface area contributed by atoms with Crippen LogP contribution in [0.15, 0.2) is 17.1 Å². The molecule has 4 heteroatoms. The van der Waals surface area contributed by atoms with E-state index in [4.69, 9.17) is 0 Å². The Balaban J connectivity index is 2.70. The van der Waals surface area contributed by atoms with Gasteiger partial charge in [0.25, 0.3) is 5.56 Å². The van der Waals surface area contributed by atoms with Gasteiger partial charge in [0.1, 0.15) is 0 Å². The molecular formula is C12H21N3O. The molecule has 0 aliphatic rings. The third-order valence-corrected chi connectivity index (χ3v) is 2.52. The van der Waals surface area contributed by atoms with E-state index in [1.54, 1.807) is 6.20 Å². The lowest BCUT2D eigenvalue weighted by molar-refractivity contribution is 0.662. The van der Waals surface area contributed by atoms with Crippen molar-refractivity contribution in [1.82, 2.24) is 9.97 Å². The Kier molecular flexibility index (Phi) is 5.61. The van der Waals surface area contributed by atoms with Crippen LogP contribution in [0.2, 0.25) is 0 Å². The van der Waals surface area contributed by atoms with Crippen molar-refractivity contribution in [1.29, 1.82) is 0 Å². The second kappa shape index (κ2) is 7.04. The van der Waals surface area contributed by atoms with Crippen LogP contribution >= 0.6 is 0 Å². The van der Waals surface area contributed by atoms with Crippen LogP contribution in [0, 0.1) is 0 Å². The monoisotopic (exact) mass is 223 g/mol. The molecule has 1 heterocycles. The van der Waals surface area contributed by atoms with Gasteiger partial charge in [-0.25, -0.2) is 4.98 Å². The van der Waals surface area contributed by atoms with E-state index in [9.17, 15) is 4.79 Å². The largest absolute Gasteiger partial charge is 0.342 e. The number of rotatable bonds is 7. The summed E-state index contributed by atoms with van der Waals surface area (Å²) in [6.45, 7) is 6.26. The maximum absolute atomic E-state index is 11.2. The Hall–Kier alpha value is -1.32. The van der Waals surface area contributed by atoms with Gasteiger partial charge in [0, 0.05) is 25.4 Å². The topological polar surface area (TPSA) is 49.0 Å². The highest BCUT2D eigenvalue weighted by atomic mass is 16.1. The number of H-pyrrole nitrogens is 1. The number of aromatic nitrogens is 2. The lowest BCUT2D eigenvalue weighted by Crippen LogP contribution is -2.29. The summed E-state index contributed by atoms with van der Waals surface area (Å²) >= 11 is 0. The minimum Gasteiger partial charge on any atom is -0.342 e. The lowest BCUT2D eigenvalue weighted by Gasteiger charge is -2.22. The summed E-state index contributed by atoms with van der Waals surface area (Å²) in [5.74, 6) is 0.703. The Morgan fingerprint density at radius 2 is 1.88 bits per heavy atom. The highest BCUT2D eigenvalue weighted by Gasteiger charge is 2.07. The predicted octanol–water partition coefficient (Wildman–Crippen LogP) is 2.18. The average molecular weight is 223 g/mol. The summed E-state index contributed by atoms with van der Waals surface area (Å²) in [4.78, 5) is 20.4. The minimum atomic E-state index is -0.0806. The average Bonchev–Trinajstić information content (AvgIpc) is 2.29. The van der Waals surface area contributed by atoms with Crippen LogP contribution < -0.4 is 10.5 Å². The first-order valence-corrected chi connectivity index (χ1v) is 6.08. The number of nitrogens with one attached hydrogen (secondary N) is 1. The first-order chi connectivity index (χ1) is 7.77. The lowest BCUT2D eigenvalue weighted by atomic mass is 10.3. The van der Waals surface area contributed by atoms with Crippen LogP contribution in [0.1, 0.15) is 39.5 Å². The van der Waals surface area contributed by atoms with Crippen molar-refractivity contribution in [3.8, 4) is 0 Å². The van der Waals surface area contributed by atoms with Gasteiger partial charge in [-0.3, -0.25) is 9.78 Å². The number of hydrogen-bond acceptors (Lipinski definition) is 3. The van der Waals surface area contributed by atoms with Crippen LogP contribution in [-0.2, 0) is 0 Å². The van der Waals surface area contributed by atoms with E-state index in [0.717, 1.165) is 38.8 Å². The fourth-order valence-corrected chi connectivity index (χ4v) is 1.54. The van der Waals surface area contributed by atoms with Crippen molar-refractivity contribution in [2.45, 2.75) is 39.5 Å². The molecular weight excluding hydrogens is 202 g/mol. The minimum absolute atomic E-state index is 0.0806. The van der Waals surface area contributed by atoms with Crippen molar-refractivity contribution >= 4 is 5.95 Å². The van der Waals surface area contributed by atoms with E-state index in [2.05, 4.69) is 28.7 Å². The van der Waals surface area contributed by atoms with Crippen molar-refractivity contribution < 1.29 is 0 Å². The standard InChI is InChI=1S/C12H21N3O/c1-3-5-9-15(10-6-4-2)12-13-8-7-11(16)14-12/h7-8H,3-6,9-10H2,1-2H3,(H,13,14,16). The van der Waals surface area contributed by atoms with E-state index in [-0.39, 0.29) is 5.56 Å². The molecule has 0 aliphatic heterocycles. The third-order valence-electron chi connectivity index (χ3n) is 2.52. The Morgan fingerprint density at radius 3 is 2.38 bits per heavy atom. The molecule has 0 spiro atoms. The Morgan fingerprint density at radius 1 is 1.25 bits per heavy atom. The van der Waals surface area contributed by atoms with Gasteiger partial charge in [-0.05, 0) is 12.8 Å². The highest BCUT2D eigenvalue weighted by Crippen LogP contribution is 2.07. The van der Waals surface area contributed by atoms with Crippen molar-refractivity contribution in [2.24, 2.45) is 0 Å². The highest BCUT2D eigenvalue weighted by molar-refractivity contribution is 5.27. The van der Waals surface area contributed by atoms with Crippen LogP contribution in [-0.4, -0.2) is 23.1 Å². The molecule has 1 aromatic heterocycles. The molecule has 0 unspecified atom stereocenters. The normalized spacial score (nSPS) is 10.4. The Labute approximate surface area is 96.7 Å². The molecule has 90 valence electrons. The maximum atomic E-state index is 11.2. The summed E-state index contributed by atoms with van der Waals surface area (Å²) in [6, 6.07) is 1.45. The molecule has 0 aromatic carbocycles. The van der Waals surface area contributed by atoms with Gasteiger partial charge in [0.15, 0.2) is 0 Å². The molecule has 1 N–H and O–H groups in total. The zero-order valence-corrected chi connectivity index (χ0v) is 10.2. The summed E-state index contributed by atoms with van der Waals surface area (Å²) in [6.07, 6.45) is 6.13. The van der Waals surface area contributed by atoms with E-state index in [0.29, 0.717) is 5.95 Å². The summed E-state index contributed by atoms with van der Waals surface area (Å²) in [5.41, 5.74) is -0.0806. The van der Waals surface area contributed by atoms with Crippen molar-refractivity contribution in [2.75, 3.05) is 18.0 Å². The molecule has 0 saturated carbocycles. The number of aromatic amines is 1.